The summed E-state index contributed by atoms with van der Waals surface area (Å²) in [7, 11) is 1.46. The number of carbonyl (C=O) groups excluding carboxylic acids is 4. The lowest BCUT2D eigenvalue weighted by atomic mass is 9.48. The van der Waals surface area contributed by atoms with Crippen molar-refractivity contribution < 1.29 is 19.2 Å². The summed E-state index contributed by atoms with van der Waals surface area (Å²) in [5.41, 5.74) is 6.74. The first-order valence-corrected chi connectivity index (χ1v) is 17.9. The molecule has 0 radical (unpaired) electrons. The van der Waals surface area contributed by atoms with Crippen LogP contribution in [0.1, 0.15) is 47.2 Å². The van der Waals surface area contributed by atoms with Gasteiger partial charge in [0.2, 0.25) is 23.6 Å². The number of alkyl halides is 2. The fourth-order valence-corrected chi connectivity index (χ4v) is 14.2. The molecule has 0 aromatic heterocycles. The number of amides is 4. The van der Waals surface area contributed by atoms with Gasteiger partial charge in [-0.05, 0) is 59.4 Å². The molecule has 2 saturated heterocycles. The van der Waals surface area contributed by atoms with Crippen LogP contribution in [0.3, 0.4) is 0 Å². The molecule has 0 spiro atoms. The minimum absolute atomic E-state index is 0.372. The number of halogens is 4. The Bertz CT molecular complexity index is 1950. The topological polar surface area (TPSA) is 74.8 Å². The van der Waals surface area contributed by atoms with Crippen LogP contribution in [0.15, 0.2) is 75.7 Å². The zero-order chi connectivity index (χ0) is 31.7. The van der Waals surface area contributed by atoms with Crippen LogP contribution in [0.5, 0.6) is 0 Å². The summed E-state index contributed by atoms with van der Waals surface area (Å²) in [6.07, 6.45) is 0. The predicted octanol–water partition coefficient (Wildman–Crippen LogP) is 6.65. The van der Waals surface area contributed by atoms with Crippen molar-refractivity contribution in [1.82, 2.24) is 4.90 Å². The Morgan fingerprint density at radius 1 is 0.556 bits per heavy atom. The van der Waals surface area contributed by atoms with Gasteiger partial charge in [0.1, 0.15) is 0 Å². The van der Waals surface area contributed by atoms with Crippen LogP contribution < -0.4 is 4.90 Å². The number of carbonyl (C=O) groups is 4. The second-order valence-corrected chi connectivity index (χ2v) is 17.6. The molecule has 4 amide bonds. The summed E-state index contributed by atoms with van der Waals surface area (Å²) in [5.74, 6) is -5.12. The number of nitrogens with zero attached hydrogens (tertiary/aromatic N) is 2. The lowest BCUT2D eigenvalue weighted by Crippen LogP contribution is -2.67. The second-order valence-electron chi connectivity index (χ2n) is 13.4. The number of likely N-dealkylation sites (tertiary alicyclic amines) is 1. The third kappa shape index (κ3) is 2.80. The molecule has 3 aromatic rings. The van der Waals surface area contributed by atoms with Gasteiger partial charge in [-0.2, -0.15) is 0 Å². The standard InChI is InChI=1S/C35H24Br4N2O4/c1-32-16-8-4-6-10-18(16)33(2,19-11-7-5-9-17(19)32)21-14-15(12-13-20(21)32)41-30(44)24-25(31(41)45)35(39)23-22(28(42)40(3)29(23)43)34(24,38)26(36)27(35)37/h4-14,22-25H,1-3H3. The highest BCUT2D eigenvalue weighted by Gasteiger charge is 2.82. The van der Waals surface area contributed by atoms with Crippen molar-refractivity contribution in [2.24, 2.45) is 23.7 Å². The number of allylic oxidation sites excluding steroid dienone is 2. The molecule has 3 aromatic carbocycles. The van der Waals surface area contributed by atoms with E-state index in [0.29, 0.717) is 14.7 Å². The Balaban J connectivity index is 1.24. The number of imide groups is 2. The minimum atomic E-state index is -1.28. The van der Waals surface area contributed by atoms with Crippen molar-refractivity contribution in [3.05, 3.63) is 109 Å². The predicted molar refractivity (Wildman–Crippen MR) is 183 cm³/mol. The molecule has 1 saturated carbocycles. The van der Waals surface area contributed by atoms with Crippen LogP contribution in [0.2, 0.25) is 0 Å². The first kappa shape index (κ1) is 28.8. The molecule has 10 heteroatoms. The van der Waals surface area contributed by atoms with E-state index in [1.54, 1.807) is 0 Å². The van der Waals surface area contributed by atoms with Gasteiger partial charge >= 0.3 is 0 Å². The van der Waals surface area contributed by atoms with E-state index in [9.17, 15) is 19.2 Å². The van der Waals surface area contributed by atoms with Gasteiger partial charge in [0, 0.05) is 26.8 Å². The number of benzene rings is 3. The van der Waals surface area contributed by atoms with Crippen LogP contribution in [-0.2, 0) is 30.0 Å². The largest absolute Gasteiger partial charge is 0.285 e. The van der Waals surface area contributed by atoms with E-state index in [0.717, 1.165) is 16.0 Å². The molecule has 45 heavy (non-hydrogen) atoms. The summed E-state index contributed by atoms with van der Waals surface area (Å²) >= 11 is 15.0. The molecule has 11 rings (SSSR count). The molecular formula is C35H24Br4N2O4. The molecule has 3 fully saturated rings. The smallest absolute Gasteiger partial charge is 0.239 e. The molecule has 0 N–H and O–H groups in total. The lowest BCUT2D eigenvalue weighted by Gasteiger charge is -2.57. The molecule has 226 valence electrons. The fourth-order valence-electron chi connectivity index (χ4n) is 9.80. The Labute approximate surface area is 293 Å². The maximum absolute atomic E-state index is 14.7. The normalized spacial score (nSPS) is 38.5. The summed E-state index contributed by atoms with van der Waals surface area (Å²) in [4.78, 5) is 58.8. The van der Waals surface area contributed by atoms with Gasteiger partial charge in [0.25, 0.3) is 0 Å². The summed E-state index contributed by atoms with van der Waals surface area (Å²) in [5, 5.41) is 0. The van der Waals surface area contributed by atoms with Crippen LogP contribution in [0, 0.1) is 23.7 Å². The van der Waals surface area contributed by atoms with Gasteiger partial charge in [0.15, 0.2) is 0 Å². The van der Waals surface area contributed by atoms with Crippen molar-refractivity contribution in [2.75, 3.05) is 11.9 Å². The molecule has 6 aliphatic carbocycles. The maximum Gasteiger partial charge on any atom is 0.239 e. The molecule has 6 unspecified atom stereocenters. The Morgan fingerprint density at radius 3 is 1.33 bits per heavy atom. The summed E-state index contributed by atoms with van der Waals surface area (Å²) in [6, 6.07) is 23.0. The first-order chi connectivity index (χ1) is 21.3. The fraction of sp³-hybridized carbons (Fsp3) is 0.314. The van der Waals surface area contributed by atoms with Gasteiger partial charge in [-0.25, -0.2) is 4.90 Å². The zero-order valence-electron chi connectivity index (χ0n) is 24.2. The average molecular weight is 856 g/mol. The van der Waals surface area contributed by atoms with E-state index in [4.69, 9.17) is 0 Å². The molecule has 6 atom stereocenters. The Hall–Kier alpha value is -2.40. The van der Waals surface area contributed by atoms with Gasteiger partial charge < -0.3 is 0 Å². The summed E-state index contributed by atoms with van der Waals surface area (Å²) in [6.45, 7) is 4.49. The van der Waals surface area contributed by atoms with E-state index >= 15 is 0 Å². The van der Waals surface area contributed by atoms with Crippen LogP contribution in [0.4, 0.5) is 5.69 Å². The number of anilines is 1. The maximum atomic E-state index is 14.7. The summed E-state index contributed by atoms with van der Waals surface area (Å²) < 4.78 is -1.43. The van der Waals surface area contributed by atoms with E-state index < -0.39 is 55.0 Å². The first-order valence-electron chi connectivity index (χ1n) is 14.8. The van der Waals surface area contributed by atoms with Gasteiger partial charge in [-0.3, -0.25) is 24.1 Å². The van der Waals surface area contributed by atoms with E-state index in [1.807, 2.05) is 12.1 Å². The Morgan fingerprint density at radius 2 is 0.911 bits per heavy atom. The lowest BCUT2D eigenvalue weighted by molar-refractivity contribution is -0.138. The van der Waals surface area contributed by atoms with E-state index in [-0.39, 0.29) is 11.8 Å². The Kier molecular flexibility index (Phi) is 5.47. The van der Waals surface area contributed by atoms with Gasteiger partial charge in [-0.1, -0.05) is 118 Å². The molecule has 6 nitrogen and oxygen atoms in total. The van der Waals surface area contributed by atoms with Crippen LogP contribution in [-0.4, -0.2) is 44.2 Å². The van der Waals surface area contributed by atoms with E-state index in [2.05, 4.69) is 132 Å². The molecule has 2 aliphatic heterocycles. The highest BCUT2D eigenvalue weighted by molar-refractivity contribution is 9.16. The second kappa shape index (κ2) is 8.54. The number of rotatable bonds is 1. The van der Waals surface area contributed by atoms with Crippen LogP contribution in [0.25, 0.3) is 0 Å². The molecular weight excluding hydrogens is 832 g/mol. The van der Waals surface area contributed by atoms with Gasteiger partial charge in [0.05, 0.1) is 38.0 Å². The molecule has 2 heterocycles. The van der Waals surface area contributed by atoms with Crippen LogP contribution >= 0.6 is 63.7 Å². The zero-order valence-corrected chi connectivity index (χ0v) is 30.5. The monoisotopic (exact) mass is 852 g/mol. The van der Waals surface area contributed by atoms with Crippen molar-refractivity contribution in [3.63, 3.8) is 0 Å². The number of hydrogen-bond donors (Lipinski definition) is 0. The molecule has 8 aliphatic rings. The van der Waals surface area contributed by atoms with Crippen molar-refractivity contribution in [3.8, 4) is 0 Å². The minimum Gasteiger partial charge on any atom is -0.285 e. The third-order valence-electron chi connectivity index (χ3n) is 11.9. The van der Waals surface area contributed by atoms with Gasteiger partial charge in [-0.15, -0.1) is 0 Å². The van der Waals surface area contributed by atoms with E-state index in [1.165, 1.54) is 34.2 Å². The average Bonchev–Trinajstić information content (AvgIpc) is 3.46. The van der Waals surface area contributed by atoms with Crippen molar-refractivity contribution in [2.45, 2.75) is 33.3 Å². The SMILES string of the molecule is CN1C(=O)C2C(C1=O)C1(Br)C(Br)=C(Br)C2(Br)C2C(=O)N(c3ccc4c(c3)C3(C)c5ccccc5C4(C)c4ccccc43)C(=O)C21. The quantitative estimate of drug-likeness (QED) is 0.203. The highest BCUT2D eigenvalue weighted by atomic mass is 79.9. The van der Waals surface area contributed by atoms with Crippen molar-refractivity contribution in [1.29, 1.82) is 0 Å². The number of hydrogen-bond acceptors (Lipinski definition) is 4. The third-order valence-corrected chi connectivity index (χ3v) is 18.3. The van der Waals surface area contributed by atoms with Crippen molar-refractivity contribution >= 4 is 93.0 Å². The molecule has 4 bridgehead atoms. The highest BCUT2D eigenvalue weighted by Crippen LogP contribution is 2.73.